The molecule has 0 spiro atoms. The van der Waals surface area contributed by atoms with Crippen LogP contribution in [0.2, 0.25) is 10.0 Å². The summed E-state index contributed by atoms with van der Waals surface area (Å²) < 4.78 is 8.54. The van der Waals surface area contributed by atoms with Gasteiger partial charge in [0.05, 0.1) is 20.3 Å². The molecule has 0 saturated heterocycles. The number of para-hydroxylation sites is 1. The molecule has 150 valence electrons. The predicted molar refractivity (Wildman–Crippen MR) is 123 cm³/mol. The van der Waals surface area contributed by atoms with E-state index < -0.39 is 0 Å². The molecule has 4 rings (SSSR count). The van der Waals surface area contributed by atoms with Gasteiger partial charge in [-0.15, -0.1) is 6.58 Å². The maximum Gasteiger partial charge on any atom is 0.279 e. The van der Waals surface area contributed by atoms with Gasteiger partial charge in [-0.1, -0.05) is 64.9 Å². The van der Waals surface area contributed by atoms with Gasteiger partial charge in [-0.2, -0.15) is 4.99 Å². The molecular weight excluding hydrogens is 439 g/mol. The monoisotopic (exact) mass is 454 g/mol. The largest absolute Gasteiger partial charge is 0.457 e. The van der Waals surface area contributed by atoms with Crippen LogP contribution < -0.4 is 9.54 Å². The van der Waals surface area contributed by atoms with Crippen LogP contribution in [0.25, 0.3) is 10.2 Å². The molecule has 1 aromatic heterocycles. The van der Waals surface area contributed by atoms with Crippen LogP contribution in [0.1, 0.15) is 10.4 Å². The van der Waals surface area contributed by atoms with Crippen LogP contribution in [0.3, 0.4) is 0 Å². The van der Waals surface area contributed by atoms with Crippen LogP contribution in [0.4, 0.5) is 0 Å². The summed E-state index contributed by atoms with van der Waals surface area (Å²) in [6.07, 6.45) is 1.72. The number of carbonyl (C=O) groups excluding carboxylic acids is 1. The van der Waals surface area contributed by atoms with Crippen molar-refractivity contribution in [1.29, 1.82) is 0 Å². The molecule has 0 aliphatic rings. The van der Waals surface area contributed by atoms with Gasteiger partial charge in [0.1, 0.15) is 11.5 Å². The predicted octanol–water partition coefficient (Wildman–Crippen LogP) is 6.73. The summed E-state index contributed by atoms with van der Waals surface area (Å²) in [4.78, 5) is 17.8. The second-order valence-electron chi connectivity index (χ2n) is 6.35. The first-order valence-electron chi connectivity index (χ1n) is 9.07. The highest BCUT2D eigenvalue weighted by Crippen LogP contribution is 2.32. The number of nitrogens with zero attached hydrogens (tertiary/aromatic N) is 2. The normalized spacial score (nSPS) is 11.6. The Balaban J connectivity index is 1.73. The Bertz CT molecular complexity index is 1310. The van der Waals surface area contributed by atoms with E-state index in [1.807, 2.05) is 41.0 Å². The van der Waals surface area contributed by atoms with Crippen molar-refractivity contribution in [2.75, 3.05) is 0 Å². The zero-order valence-corrected chi connectivity index (χ0v) is 18.0. The van der Waals surface area contributed by atoms with Crippen LogP contribution in [0.5, 0.6) is 11.5 Å². The molecule has 0 radical (unpaired) electrons. The number of hydrogen-bond donors (Lipinski definition) is 0. The molecule has 1 amide bonds. The maximum atomic E-state index is 12.9. The summed E-state index contributed by atoms with van der Waals surface area (Å²) in [5, 5.41) is 0.878. The van der Waals surface area contributed by atoms with E-state index in [4.69, 9.17) is 27.9 Å². The second-order valence-corrected chi connectivity index (χ2v) is 8.15. The number of ether oxygens (including phenoxy) is 1. The van der Waals surface area contributed by atoms with E-state index in [9.17, 15) is 4.79 Å². The Morgan fingerprint density at radius 3 is 2.60 bits per heavy atom. The third-order valence-electron chi connectivity index (χ3n) is 4.30. The van der Waals surface area contributed by atoms with Crippen molar-refractivity contribution >= 4 is 50.7 Å². The lowest BCUT2D eigenvalue weighted by atomic mass is 10.2. The van der Waals surface area contributed by atoms with E-state index in [0.29, 0.717) is 38.5 Å². The lowest BCUT2D eigenvalue weighted by molar-refractivity contribution is 0.0997. The molecule has 0 saturated carbocycles. The Labute approximate surface area is 187 Å². The molecule has 0 bridgehead atoms. The molecule has 1 heterocycles. The molecule has 0 fully saturated rings. The average Bonchev–Trinajstić information content (AvgIpc) is 3.10. The number of thiazole rings is 1. The minimum atomic E-state index is -0.375. The topological polar surface area (TPSA) is 43.6 Å². The molecule has 0 aliphatic heterocycles. The van der Waals surface area contributed by atoms with Crippen LogP contribution in [-0.4, -0.2) is 10.5 Å². The van der Waals surface area contributed by atoms with Crippen molar-refractivity contribution < 1.29 is 9.53 Å². The molecule has 7 heteroatoms. The molecule has 0 aliphatic carbocycles. The Hall–Kier alpha value is -2.86. The van der Waals surface area contributed by atoms with E-state index in [-0.39, 0.29) is 5.91 Å². The number of aromatic nitrogens is 1. The number of carbonyl (C=O) groups is 1. The summed E-state index contributed by atoms with van der Waals surface area (Å²) in [7, 11) is 0. The first kappa shape index (κ1) is 20.4. The fraction of sp³-hybridized carbons (Fsp3) is 0.0435. The summed E-state index contributed by atoms with van der Waals surface area (Å²) in [6.45, 7) is 4.24. The zero-order chi connectivity index (χ0) is 21.1. The van der Waals surface area contributed by atoms with Gasteiger partial charge in [0.2, 0.25) is 0 Å². The van der Waals surface area contributed by atoms with Gasteiger partial charge in [0.25, 0.3) is 5.91 Å². The van der Waals surface area contributed by atoms with E-state index in [0.717, 1.165) is 10.2 Å². The van der Waals surface area contributed by atoms with E-state index in [1.165, 1.54) is 11.3 Å². The van der Waals surface area contributed by atoms with E-state index in [1.54, 1.807) is 36.4 Å². The Kier molecular flexibility index (Phi) is 6.04. The fourth-order valence-electron chi connectivity index (χ4n) is 2.96. The van der Waals surface area contributed by atoms with Gasteiger partial charge in [-0.25, -0.2) is 0 Å². The summed E-state index contributed by atoms with van der Waals surface area (Å²) >= 11 is 14.0. The number of amides is 1. The lowest BCUT2D eigenvalue weighted by Crippen LogP contribution is -2.16. The minimum absolute atomic E-state index is 0.375. The van der Waals surface area contributed by atoms with E-state index >= 15 is 0 Å². The smallest absolute Gasteiger partial charge is 0.279 e. The van der Waals surface area contributed by atoms with Crippen LogP contribution in [0, 0.1) is 0 Å². The molecular formula is C23H16Cl2N2O2S. The van der Waals surface area contributed by atoms with Crippen LogP contribution >= 0.6 is 34.5 Å². The highest BCUT2D eigenvalue weighted by atomic mass is 35.5. The number of allylic oxidation sites excluding steroid dienone is 1. The molecule has 4 nitrogen and oxygen atoms in total. The third-order valence-corrected chi connectivity index (χ3v) is 6.14. The maximum absolute atomic E-state index is 12.9. The van der Waals surface area contributed by atoms with Crippen molar-refractivity contribution in [1.82, 2.24) is 4.57 Å². The molecule has 0 N–H and O–H groups in total. The van der Waals surface area contributed by atoms with Crippen LogP contribution in [0.15, 0.2) is 84.4 Å². The minimum Gasteiger partial charge on any atom is -0.457 e. The van der Waals surface area contributed by atoms with Gasteiger partial charge in [0.15, 0.2) is 4.80 Å². The summed E-state index contributed by atoms with van der Waals surface area (Å²) in [5.74, 6) is 0.881. The summed E-state index contributed by atoms with van der Waals surface area (Å²) in [5.41, 5.74) is 1.16. The van der Waals surface area contributed by atoms with Crippen molar-refractivity contribution in [3.8, 4) is 11.5 Å². The van der Waals surface area contributed by atoms with Crippen molar-refractivity contribution in [3.63, 3.8) is 0 Å². The van der Waals surface area contributed by atoms with Gasteiger partial charge in [0, 0.05) is 12.1 Å². The highest BCUT2D eigenvalue weighted by molar-refractivity contribution is 7.16. The molecule has 0 unspecified atom stereocenters. The zero-order valence-electron chi connectivity index (χ0n) is 15.7. The first-order chi connectivity index (χ1) is 14.6. The number of hydrogen-bond acceptors (Lipinski definition) is 3. The molecule has 4 aromatic rings. The SMILES string of the molecule is C=CCn1c(=NC(=O)c2cccc(Oc3ccccc3)c2)sc2ccc(Cl)c(Cl)c21. The standard InChI is InChI=1S/C23H16Cl2N2O2S/c1-2-13-27-21-19(12-11-18(24)20(21)25)30-23(27)26-22(28)15-7-6-10-17(14-15)29-16-8-4-3-5-9-16/h2-12,14H,1,13H2. The molecule has 30 heavy (non-hydrogen) atoms. The van der Waals surface area contributed by atoms with Gasteiger partial charge < -0.3 is 9.30 Å². The number of halogens is 2. The quantitative estimate of drug-likeness (QED) is 0.313. The Morgan fingerprint density at radius 1 is 1.07 bits per heavy atom. The lowest BCUT2D eigenvalue weighted by Gasteiger charge is -2.06. The van der Waals surface area contributed by atoms with Crippen molar-refractivity contribution in [2.24, 2.45) is 4.99 Å². The molecule has 0 atom stereocenters. The molecule has 3 aromatic carbocycles. The Morgan fingerprint density at radius 2 is 1.83 bits per heavy atom. The van der Waals surface area contributed by atoms with Gasteiger partial charge in [-0.05, 0) is 42.5 Å². The summed E-state index contributed by atoms with van der Waals surface area (Å²) in [6, 6.07) is 19.9. The first-order valence-corrected chi connectivity index (χ1v) is 10.6. The van der Waals surface area contributed by atoms with Crippen molar-refractivity contribution in [3.05, 3.63) is 99.8 Å². The van der Waals surface area contributed by atoms with Crippen molar-refractivity contribution in [2.45, 2.75) is 6.54 Å². The highest BCUT2D eigenvalue weighted by Gasteiger charge is 2.14. The second kappa shape index (κ2) is 8.88. The average molecular weight is 455 g/mol. The third kappa shape index (κ3) is 4.19. The van der Waals surface area contributed by atoms with E-state index in [2.05, 4.69) is 11.6 Å². The van der Waals surface area contributed by atoms with Gasteiger partial charge in [-0.3, -0.25) is 4.79 Å². The van der Waals surface area contributed by atoms with Crippen LogP contribution in [-0.2, 0) is 6.54 Å². The number of rotatable bonds is 5. The number of benzene rings is 3. The fourth-order valence-corrected chi connectivity index (χ4v) is 4.48. The number of fused-ring (bicyclic) bond motifs is 1. The van der Waals surface area contributed by atoms with Gasteiger partial charge >= 0.3 is 0 Å².